The Morgan fingerprint density at radius 2 is 1.90 bits per heavy atom. The Bertz CT molecular complexity index is 311. The number of nitrogens with zero attached hydrogens (tertiary/aromatic N) is 1. The molecule has 2 unspecified atom stereocenters. The molecule has 1 amide bonds. The maximum absolute atomic E-state index is 12.4. The zero-order valence-electron chi connectivity index (χ0n) is 12.9. The molecular formula is C16H29NO3. The Labute approximate surface area is 122 Å². The van der Waals surface area contributed by atoms with Crippen LogP contribution in [0.1, 0.15) is 58.3 Å². The molecule has 20 heavy (non-hydrogen) atoms. The van der Waals surface area contributed by atoms with E-state index in [1.54, 1.807) is 11.9 Å². The number of hydrogen-bond acceptors (Lipinski definition) is 3. The van der Waals surface area contributed by atoms with Crippen LogP contribution in [-0.4, -0.2) is 47.8 Å². The molecule has 0 saturated heterocycles. The molecular weight excluding hydrogens is 254 g/mol. The second-order valence-electron chi connectivity index (χ2n) is 6.42. The van der Waals surface area contributed by atoms with Crippen molar-refractivity contribution in [3.05, 3.63) is 0 Å². The van der Waals surface area contributed by atoms with Crippen LogP contribution in [0.5, 0.6) is 0 Å². The topological polar surface area (TPSA) is 49.8 Å². The van der Waals surface area contributed by atoms with Gasteiger partial charge in [-0.15, -0.1) is 0 Å². The summed E-state index contributed by atoms with van der Waals surface area (Å²) in [5.41, 5.74) is 0. The van der Waals surface area contributed by atoms with Gasteiger partial charge in [0.25, 0.3) is 5.91 Å². The van der Waals surface area contributed by atoms with Gasteiger partial charge >= 0.3 is 0 Å². The largest absolute Gasteiger partial charge is 0.391 e. The molecule has 2 aliphatic rings. The van der Waals surface area contributed by atoms with E-state index in [4.69, 9.17) is 4.74 Å². The van der Waals surface area contributed by atoms with Crippen LogP contribution in [0.3, 0.4) is 0 Å². The standard InChI is InChI=1S/C16H29NO3/c1-3-15(20-13-7-5-4-6-8-13)16(19)17(2)11-14(18)12-9-10-12/h12-15,18H,3-11H2,1-2H3. The summed E-state index contributed by atoms with van der Waals surface area (Å²) >= 11 is 0. The summed E-state index contributed by atoms with van der Waals surface area (Å²) in [6, 6.07) is 0. The summed E-state index contributed by atoms with van der Waals surface area (Å²) in [5.74, 6) is 0.433. The summed E-state index contributed by atoms with van der Waals surface area (Å²) in [4.78, 5) is 14.1. The van der Waals surface area contributed by atoms with Crippen LogP contribution in [-0.2, 0) is 9.53 Å². The normalized spacial score (nSPS) is 23.4. The summed E-state index contributed by atoms with van der Waals surface area (Å²) < 4.78 is 6.01. The molecule has 0 heterocycles. The Balaban J connectivity index is 1.79. The van der Waals surface area contributed by atoms with E-state index in [1.807, 2.05) is 6.92 Å². The molecule has 116 valence electrons. The maximum Gasteiger partial charge on any atom is 0.251 e. The lowest BCUT2D eigenvalue weighted by molar-refractivity contribution is -0.149. The molecule has 0 bridgehead atoms. The fourth-order valence-corrected chi connectivity index (χ4v) is 3.01. The van der Waals surface area contributed by atoms with Gasteiger partial charge in [-0.25, -0.2) is 0 Å². The average Bonchev–Trinajstić information content (AvgIpc) is 3.29. The second-order valence-corrected chi connectivity index (χ2v) is 6.42. The zero-order valence-corrected chi connectivity index (χ0v) is 12.9. The molecule has 0 radical (unpaired) electrons. The summed E-state index contributed by atoms with van der Waals surface area (Å²) in [6.45, 7) is 2.44. The average molecular weight is 283 g/mol. The van der Waals surface area contributed by atoms with Gasteiger partial charge in [-0.1, -0.05) is 26.2 Å². The fourth-order valence-electron chi connectivity index (χ4n) is 3.01. The first-order chi connectivity index (χ1) is 9.61. The summed E-state index contributed by atoms with van der Waals surface area (Å²) in [6.07, 6.45) is 8.33. The van der Waals surface area contributed by atoms with Crippen molar-refractivity contribution in [1.29, 1.82) is 0 Å². The number of carbonyl (C=O) groups excluding carboxylic acids is 1. The highest BCUT2D eigenvalue weighted by atomic mass is 16.5. The first-order valence-corrected chi connectivity index (χ1v) is 8.20. The van der Waals surface area contributed by atoms with Gasteiger partial charge in [0.1, 0.15) is 6.10 Å². The molecule has 0 aromatic heterocycles. The third-order valence-electron chi connectivity index (χ3n) is 4.56. The number of rotatable bonds is 7. The second kappa shape index (κ2) is 7.41. The Morgan fingerprint density at radius 1 is 1.25 bits per heavy atom. The molecule has 2 fully saturated rings. The third kappa shape index (κ3) is 4.45. The number of amides is 1. The Kier molecular flexibility index (Phi) is 5.85. The highest BCUT2D eigenvalue weighted by Crippen LogP contribution is 2.32. The number of aliphatic hydroxyl groups is 1. The minimum Gasteiger partial charge on any atom is -0.391 e. The molecule has 1 N–H and O–H groups in total. The molecule has 2 atom stereocenters. The van der Waals surface area contributed by atoms with Gasteiger partial charge in [-0.2, -0.15) is 0 Å². The lowest BCUT2D eigenvalue weighted by Gasteiger charge is -2.30. The molecule has 0 spiro atoms. The highest BCUT2D eigenvalue weighted by molar-refractivity contribution is 5.80. The Morgan fingerprint density at radius 3 is 2.45 bits per heavy atom. The molecule has 4 heteroatoms. The van der Waals surface area contributed by atoms with Crippen LogP contribution in [0, 0.1) is 5.92 Å². The van der Waals surface area contributed by atoms with Gasteiger partial charge in [0, 0.05) is 13.6 Å². The number of likely N-dealkylation sites (N-methyl/N-ethyl adjacent to an activating group) is 1. The van der Waals surface area contributed by atoms with E-state index >= 15 is 0 Å². The van der Waals surface area contributed by atoms with Crippen molar-refractivity contribution < 1.29 is 14.6 Å². The summed E-state index contributed by atoms with van der Waals surface area (Å²) in [7, 11) is 1.78. The van der Waals surface area contributed by atoms with Gasteiger partial charge in [0.2, 0.25) is 0 Å². The van der Waals surface area contributed by atoms with Gasteiger partial charge < -0.3 is 14.7 Å². The zero-order chi connectivity index (χ0) is 14.5. The SMILES string of the molecule is CCC(OC1CCCCC1)C(=O)N(C)CC(O)C1CC1. The van der Waals surface area contributed by atoms with Crippen molar-refractivity contribution in [1.82, 2.24) is 4.90 Å². The number of aliphatic hydroxyl groups excluding tert-OH is 1. The fraction of sp³-hybridized carbons (Fsp3) is 0.938. The number of ether oxygens (including phenoxy) is 1. The van der Waals surface area contributed by atoms with E-state index in [1.165, 1.54) is 19.3 Å². The van der Waals surface area contributed by atoms with E-state index in [0.29, 0.717) is 18.9 Å². The first-order valence-electron chi connectivity index (χ1n) is 8.20. The van der Waals surface area contributed by atoms with Gasteiger partial charge in [-0.3, -0.25) is 4.79 Å². The molecule has 2 rings (SSSR count). The summed E-state index contributed by atoms with van der Waals surface area (Å²) in [5, 5.41) is 9.95. The van der Waals surface area contributed by atoms with Crippen LogP contribution in [0.15, 0.2) is 0 Å². The van der Waals surface area contributed by atoms with Crippen molar-refractivity contribution >= 4 is 5.91 Å². The third-order valence-corrected chi connectivity index (χ3v) is 4.56. The van der Waals surface area contributed by atoms with Crippen LogP contribution in [0.2, 0.25) is 0 Å². The highest BCUT2D eigenvalue weighted by Gasteiger charge is 2.33. The van der Waals surface area contributed by atoms with E-state index in [9.17, 15) is 9.90 Å². The van der Waals surface area contributed by atoms with Gasteiger partial charge in [0.15, 0.2) is 0 Å². The smallest absolute Gasteiger partial charge is 0.251 e. The molecule has 4 nitrogen and oxygen atoms in total. The monoisotopic (exact) mass is 283 g/mol. The minimum absolute atomic E-state index is 0.0257. The van der Waals surface area contributed by atoms with Gasteiger partial charge in [0.05, 0.1) is 12.2 Å². The minimum atomic E-state index is -0.365. The van der Waals surface area contributed by atoms with E-state index in [2.05, 4.69) is 0 Å². The number of carbonyl (C=O) groups is 1. The molecule has 0 aliphatic heterocycles. The van der Waals surface area contributed by atoms with Crippen LogP contribution >= 0.6 is 0 Å². The van der Waals surface area contributed by atoms with E-state index in [-0.39, 0.29) is 24.2 Å². The molecule has 2 aliphatic carbocycles. The van der Waals surface area contributed by atoms with Crippen molar-refractivity contribution in [2.24, 2.45) is 5.92 Å². The lowest BCUT2D eigenvalue weighted by atomic mass is 9.97. The predicted molar refractivity (Wildman–Crippen MR) is 78.4 cm³/mol. The predicted octanol–water partition coefficient (Wildman–Crippen LogP) is 2.34. The number of hydrogen-bond donors (Lipinski definition) is 1. The van der Waals surface area contributed by atoms with Crippen molar-refractivity contribution in [3.63, 3.8) is 0 Å². The van der Waals surface area contributed by atoms with Crippen molar-refractivity contribution in [2.45, 2.75) is 76.6 Å². The lowest BCUT2D eigenvalue weighted by Crippen LogP contribution is -2.43. The van der Waals surface area contributed by atoms with Crippen LogP contribution < -0.4 is 0 Å². The van der Waals surface area contributed by atoms with Crippen molar-refractivity contribution in [3.8, 4) is 0 Å². The maximum atomic E-state index is 12.4. The molecule has 0 aromatic carbocycles. The van der Waals surface area contributed by atoms with E-state index < -0.39 is 0 Å². The van der Waals surface area contributed by atoms with Gasteiger partial charge in [-0.05, 0) is 38.0 Å². The first kappa shape index (κ1) is 15.8. The Hall–Kier alpha value is -0.610. The molecule has 0 aromatic rings. The van der Waals surface area contributed by atoms with E-state index in [0.717, 1.165) is 25.7 Å². The van der Waals surface area contributed by atoms with Crippen LogP contribution in [0.4, 0.5) is 0 Å². The van der Waals surface area contributed by atoms with Crippen molar-refractivity contribution in [2.75, 3.05) is 13.6 Å². The quantitative estimate of drug-likeness (QED) is 0.780. The van der Waals surface area contributed by atoms with Crippen LogP contribution in [0.25, 0.3) is 0 Å². The molecule has 2 saturated carbocycles.